The van der Waals surface area contributed by atoms with Gasteiger partial charge >= 0.3 is 0 Å². The van der Waals surface area contributed by atoms with Gasteiger partial charge in [0.2, 0.25) is 0 Å². The van der Waals surface area contributed by atoms with Crippen molar-refractivity contribution in [2.45, 2.75) is 32.9 Å². The van der Waals surface area contributed by atoms with Crippen LogP contribution in [0.25, 0.3) is 10.9 Å². The lowest BCUT2D eigenvalue weighted by Crippen LogP contribution is -2.58. The average Bonchev–Trinajstić information content (AvgIpc) is 2.88. The van der Waals surface area contributed by atoms with Crippen LogP contribution in [0.15, 0.2) is 18.2 Å². The molecule has 0 saturated carbocycles. The number of aromatic nitrogens is 1. The number of hydrogen-bond acceptors (Lipinski definition) is 3. The van der Waals surface area contributed by atoms with Crippen LogP contribution in [-0.2, 0) is 4.74 Å². The van der Waals surface area contributed by atoms with Gasteiger partial charge in [-0.05, 0) is 39.0 Å². The van der Waals surface area contributed by atoms with Gasteiger partial charge in [-0.2, -0.15) is 0 Å². The summed E-state index contributed by atoms with van der Waals surface area (Å²) in [5.41, 5.74) is 2.16. The maximum atomic E-state index is 13.7. The summed E-state index contributed by atoms with van der Waals surface area (Å²) in [5.74, 6) is -0.355. The zero-order valence-electron chi connectivity index (χ0n) is 15.3. The Hall–Kier alpha value is -1.92. The van der Waals surface area contributed by atoms with E-state index in [2.05, 4.69) is 23.7 Å². The summed E-state index contributed by atoms with van der Waals surface area (Å²) >= 11 is 0. The quantitative estimate of drug-likeness (QED) is 0.925. The number of nitrogens with one attached hydrogen (secondary N) is 1. The number of ether oxygens (including phenoxy) is 1. The van der Waals surface area contributed by atoms with Gasteiger partial charge in [0.05, 0.1) is 12.2 Å². The summed E-state index contributed by atoms with van der Waals surface area (Å²) in [6, 6.07) is 5.04. The number of aromatic amines is 1. The molecule has 3 rings (SSSR count). The smallest absolute Gasteiger partial charge is 0.256 e. The fraction of sp³-hybridized carbons (Fsp3) is 0.526. The Morgan fingerprint density at radius 1 is 1.32 bits per heavy atom. The summed E-state index contributed by atoms with van der Waals surface area (Å²) in [7, 11) is 1.70. The van der Waals surface area contributed by atoms with E-state index in [1.807, 2.05) is 11.8 Å². The molecule has 25 heavy (non-hydrogen) atoms. The lowest BCUT2D eigenvalue weighted by atomic mass is 10.0. The molecule has 1 aliphatic heterocycles. The van der Waals surface area contributed by atoms with E-state index in [1.165, 1.54) is 12.1 Å². The molecule has 1 aromatic carbocycles. The van der Waals surface area contributed by atoms with Crippen molar-refractivity contribution in [3.8, 4) is 0 Å². The molecule has 2 atom stereocenters. The second kappa shape index (κ2) is 7.14. The number of amides is 1. The molecule has 0 spiro atoms. The monoisotopic (exact) mass is 347 g/mol. The van der Waals surface area contributed by atoms with Crippen LogP contribution in [0, 0.1) is 12.7 Å². The minimum absolute atomic E-state index is 0.0283. The third-order valence-electron chi connectivity index (χ3n) is 5.10. The SMILES string of the molecule is COCCN1C(C)CN(C(=O)c2c(C)[nH]c3ccc(F)cc23)CC1C. The Bertz CT molecular complexity index is 761. The van der Waals surface area contributed by atoms with Gasteiger partial charge in [0.1, 0.15) is 5.82 Å². The van der Waals surface area contributed by atoms with E-state index >= 15 is 0 Å². The molecule has 6 heteroatoms. The topological polar surface area (TPSA) is 48.6 Å². The molecular formula is C19H26FN3O2. The van der Waals surface area contributed by atoms with Crippen molar-refractivity contribution >= 4 is 16.8 Å². The van der Waals surface area contributed by atoms with Gasteiger partial charge in [0.15, 0.2) is 0 Å². The molecule has 1 fully saturated rings. The van der Waals surface area contributed by atoms with Gasteiger partial charge < -0.3 is 14.6 Å². The van der Waals surface area contributed by atoms with E-state index < -0.39 is 0 Å². The van der Waals surface area contributed by atoms with Gasteiger partial charge in [-0.15, -0.1) is 0 Å². The standard InChI is InChI=1S/C19H26FN3O2/c1-12-10-22(11-13(2)23(12)7-8-25-4)19(24)18-14(3)21-17-6-5-15(20)9-16(17)18/h5-6,9,12-13,21H,7-8,10-11H2,1-4H3. The summed E-state index contributed by atoms with van der Waals surface area (Å²) in [6.07, 6.45) is 0. The molecule has 5 nitrogen and oxygen atoms in total. The van der Waals surface area contributed by atoms with E-state index in [0.29, 0.717) is 30.6 Å². The zero-order chi connectivity index (χ0) is 18.1. The third kappa shape index (κ3) is 3.41. The molecule has 2 unspecified atom stereocenters. The number of fused-ring (bicyclic) bond motifs is 1. The van der Waals surface area contributed by atoms with Crippen LogP contribution in [0.3, 0.4) is 0 Å². The van der Waals surface area contributed by atoms with Gasteiger partial charge in [-0.1, -0.05) is 0 Å². The van der Waals surface area contributed by atoms with Crippen molar-refractivity contribution in [2.24, 2.45) is 0 Å². The average molecular weight is 347 g/mol. The van der Waals surface area contributed by atoms with Crippen molar-refractivity contribution in [3.63, 3.8) is 0 Å². The number of methoxy groups -OCH3 is 1. The number of carbonyl (C=O) groups excluding carboxylic acids is 1. The summed E-state index contributed by atoms with van der Waals surface area (Å²) in [4.78, 5) is 20.6. The van der Waals surface area contributed by atoms with Crippen molar-refractivity contribution in [2.75, 3.05) is 33.4 Å². The molecule has 0 aliphatic carbocycles. The van der Waals surface area contributed by atoms with E-state index in [4.69, 9.17) is 4.74 Å². The number of rotatable bonds is 4. The van der Waals surface area contributed by atoms with Crippen LogP contribution in [0.1, 0.15) is 29.9 Å². The number of nitrogens with zero attached hydrogens (tertiary/aromatic N) is 2. The molecule has 0 radical (unpaired) electrons. The minimum Gasteiger partial charge on any atom is -0.383 e. The summed E-state index contributed by atoms with van der Waals surface area (Å²) < 4.78 is 18.9. The Balaban J connectivity index is 1.85. The minimum atomic E-state index is -0.327. The fourth-order valence-electron chi connectivity index (χ4n) is 3.89. The normalized spacial score (nSPS) is 21.9. The molecule has 1 aliphatic rings. The molecule has 0 bridgehead atoms. The predicted molar refractivity (Wildman–Crippen MR) is 96.4 cm³/mol. The molecule has 1 aromatic heterocycles. The Labute approximate surface area is 147 Å². The number of aryl methyl sites for hydroxylation is 1. The van der Waals surface area contributed by atoms with Gasteiger partial charge in [-0.25, -0.2) is 4.39 Å². The lowest BCUT2D eigenvalue weighted by molar-refractivity contribution is 0.0194. The van der Waals surface area contributed by atoms with Crippen LogP contribution in [0.2, 0.25) is 0 Å². The van der Waals surface area contributed by atoms with E-state index in [1.54, 1.807) is 13.2 Å². The lowest BCUT2D eigenvalue weighted by Gasteiger charge is -2.44. The van der Waals surface area contributed by atoms with E-state index in [-0.39, 0.29) is 23.8 Å². The highest BCUT2D eigenvalue weighted by atomic mass is 19.1. The number of carbonyl (C=O) groups is 1. The van der Waals surface area contributed by atoms with Crippen LogP contribution >= 0.6 is 0 Å². The molecule has 1 amide bonds. The number of benzene rings is 1. The molecule has 1 N–H and O–H groups in total. The Morgan fingerprint density at radius 2 is 2.00 bits per heavy atom. The number of halogens is 1. The maximum absolute atomic E-state index is 13.7. The van der Waals surface area contributed by atoms with Crippen molar-refractivity contribution in [1.29, 1.82) is 0 Å². The maximum Gasteiger partial charge on any atom is 0.256 e. The highest BCUT2D eigenvalue weighted by molar-refractivity contribution is 6.08. The summed E-state index contributed by atoms with van der Waals surface area (Å²) in [6.45, 7) is 9.00. The molecule has 136 valence electrons. The summed E-state index contributed by atoms with van der Waals surface area (Å²) in [5, 5.41) is 0.657. The van der Waals surface area contributed by atoms with E-state index in [0.717, 1.165) is 17.8 Å². The van der Waals surface area contributed by atoms with Crippen LogP contribution < -0.4 is 0 Å². The Morgan fingerprint density at radius 3 is 2.64 bits per heavy atom. The predicted octanol–water partition coefficient (Wildman–Crippen LogP) is 2.80. The molecular weight excluding hydrogens is 321 g/mol. The highest BCUT2D eigenvalue weighted by Gasteiger charge is 2.33. The largest absolute Gasteiger partial charge is 0.383 e. The van der Waals surface area contributed by atoms with Crippen LogP contribution in [0.5, 0.6) is 0 Å². The molecule has 2 heterocycles. The van der Waals surface area contributed by atoms with Gasteiger partial charge in [0.25, 0.3) is 5.91 Å². The third-order valence-corrected chi connectivity index (χ3v) is 5.10. The second-order valence-electron chi connectivity index (χ2n) is 6.95. The van der Waals surface area contributed by atoms with Gasteiger partial charge in [-0.3, -0.25) is 9.69 Å². The van der Waals surface area contributed by atoms with E-state index in [9.17, 15) is 9.18 Å². The van der Waals surface area contributed by atoms with Crippen LogP contribution in [0.4, 0.5) is 4.39 Å². The number of piperazine rings is 1. The Kier molecular flexibility index (Phi) is 5.11. The number of H-pyrrole nitrogens is 1. The molecule has 1 saturated heterocycles. The highest BCUT2D eigenvalue weighted by Crippen LogP contribution is 2.26. The van der Waals surface area contributed by atoms with Crippen molar-refractivity contribution in [3.05, 3.63) is 35.3 Å². The second-order valence-corrected chi connectivity index (χ2v) is 6.95. The van der Waals surface area contributed by atoms with Crippen molar-refractivity contribution < 1.29 is 13.9 Å². The first-order valence-electron chi connectivity index (χ1n) is 8.74. The zero-order valence-corrected chi connectivity index (χ0v) is 15.3. The number of hydrogen-bond donors (Lipinski definition) is 1. The first kappa shape index (κ1) is 17.9. The van der Waals surface area contributed by atoms with Gasteiger partial charge in [0, 0.05) is 55.4 Å². The van der Waals surface area contributed by atoms with Crippen LogP contribution in [-0.4, -0.2) is 66.1 Å². The fourth-order valence-corrected chi connectivity index (χ4v) is 3.89. The first-order chi connectivity index (χ1) is 11.9. The first-order valence-corrected chi connectivity index (χ1v) is 8.74. The molecule has 2 aromatic rings. The van der Waals surface area contributed by atoms with Crippen molar-refractivity contribution in [1.82, 2.24) is 14.8 Å².